The zero-order valence-electron chi connectivity index (χ0n) is 19.9. The summed E-state index contributed by atoms with van der Waals surface area (Å²) in [5.41, 5.74) is 5.08. The van der Waals surface area contributed by atoms with Crippen LogP contribution in [0.4, 0.5) is 8.78 Å². The van der Waals surface area contributed by atoms with Crippen molar-refractivity contribution in [3.63, 3.8) is 0 Å². The fraction of sp³-hybridized carbons (Fsp3) is 0.194. The SMILES string of the molecule is Fc1ccc(C(c2ccc(F)cc2)N2CCC(=NOC(c3ccccc3)c3ccccc3)CC2)cc1. The lowest BCUT2D eigenvalue weighted by atomic mass is 9.94. The van der Waals surface area contributed by atoms with Crippen molar-refractivity contribution < 1.29 is 13.6 Å². The predicted molar refractivity (Wildman–Crippen MR) is 139 cm³/mol. The molecule has 5 rings (SSSR count). The van der Waals surface area contributed by atoms with Crippen LogP contribution in [0.3, 0.4) is 0 Å². The van der Waals surface area contributed by atoms with Crippen molar-refractivity contribution in [1.82, 2.24) is 4.90 Å². The first-order chi connectivity index (χ1) is 17.7. The molecule has 1 fully saturated rings. The second kappa shape index (κ2) is 11.3. The summed E-state index contributed by atoms with van der Waals surface area (Å²) in [7, 11) is 0. The van der Waals surface area contributed by atoms with Gasteiger partial charge in [-0.25, -0.2) is 8.78 Å². The average molecular weight is 483 g/mol. The zero-order valence-corrected chi connectivity index (χ0v) is 19.9. The summed E-state index contributed by atoms with van der Waals surface area (Å²) in [5.74, 6) is -0.540. The zero-order chi connectivity index (χ0) is 24.7. The van der Waals surface area contributed by atoms with Gasteiger partial charge < -0.3 is 4.84 Å². The molecule has 3 nitrogen and oxygen atoms in total. The molecular weight excluding hydrogens is 454 g/mol. The summed E-state index contributed by atoms with van der Waals surface area (Å²) in [4.78, 5) is 8.47. The maximum atomic E-state index is 13.6. The highest BCUT2D eigenvalue weighted by atomic mass is 19.1. The van der Waals surface area contributed by atoms with E-state index in [-0.39, 0.29) is 23.8 Å². The number of hydrogen-bond donors (Lipinski definition) is 0. The highest BCUT2D eigenvalue weighted by Crippen LogP contribution is 2.32. The van der Waals surface area contributed by atoms with Crippen LogP contribution in [0.25, 0.3) is 0 Å². The lowest BCUT2D eigenvalue weighted by molar-refractivity contribution is 0.0846. The number of rotatable bonds is 7. The van der Waals surface area contributed by atoms with Crippen LogP contribution >= 0.6 is 0 Å². The molecule has 5 heteroatoms. The monoisotopic (exact) mass is 482 g/mol. The van der Waals surface area contributed by atoms with Gasteiger partial charge in [-0.2, -0.15) is 0 Å². The molecule has 1 aliphatic rings. The van der Waals surface area contributed by atoms with E-state index in [9.17, 15) is 8.78 Å². The predicted octanol–water partition coefficient (Wildman–Crippen LogP) is 7.31. The molecule has 0 atom stereocenters. The first kappa shape index (κ1) is 23.9. The van der Waals surface area contributed by atoms with Gasteiger partial charge in [0.25, 0.3) is 0 Å². The molecule has 0 N–H and O–H groups in total. The number of benzene rings is 4. The third kappa shape index (κ3) is 5.69. The van der Waals surface area contributed by atoms with E-state index in [1.807, 2.05) is 36.4 Å². The lowest BCUT2D eigenvalue weighted by Crippen LogP contribution is -2.37. The Morgan fingerprint density at radius 1 is 0.583 bits per heavy atom. The van der Waals surface area contributed by atoms with E-state index in [1.54, 1.807) is 24.3 Å². The molecule has 0 saturated carbocycles. The van der Waals surface area contributed by atoms with Crippen LogP contribution in [0.1, 0.15) is 47.2 Å². The smallest absolute Gasteiger partial charge is 0.177 e. The van der Waals surface area contributed by atoms with Crippen LogP contribution in [0.15, 0.2) is 114 Å². The van der Waals surface area contributed by atoms with E-state index in [1.165, 1.54) is 24.3 Å². The van der Waals surface area contributed by atoms with Crippen molar-refractivity contribution in [2.45, 2.75) is 25.0 Å². The molecule has 1 aliphatic heterocycles. The van der Waals surface area contributed by atoms with Gasteiger partial charge in [0.05, 0.1) is 11.8 Å². The Bertz CT molecular complexity index is 1180. The number of oxime groups is 1. The molecule has 1 heterocycles. The molecule has 0 spiro atoms. The second-order valence-corrected chi connectivity index (χ2v) is 9.01. The van der Waals surface area contributed by atoms with Gasteiger partial charge in [0, 0.05) is 25.9 Å². The minimum atomic E-state index is -0.274. The highest BCUT2D eigenvalue weighted by molar-refractivity contribution is 5.85. The highest BCUT2D eigenvalue weighted by Gasteiger charge is 2.26. The van der Waals surface area contributed by atoms with Gasteiger partial charge >= 0.3 is 0 Å². The van der Waals surface area contributed by atoms with Gasteiger partial charge in [-0.15, -0.1) is 0 Å². The van der Waals surface area contributed by atoms with Gasteiger partial charge in [-0.3, -0.25) is 4.90 Å². The van der Waals surface area contributed by atoms with E-state index in [2.05, 4.69) is 34.3 Å². The number of hydrogen-bond acceptors (Lipinski definition) is 3. The Morgan fingerprint density at radius 2 is 1.03 bits per heavy atom. The van der Waals surface area contributed by atoms with Gasteiger partial charge in [-0.1, -0.05) is 90.1 Å². The molecule has 0 aliphatic carbocycles. The number of halogens is 2. The van der Waals surface area contributed by atoms with Gasteiger partial charge in [-0.05, 0) is 46.5 Å². The van der Waals surface area contributed by atoms with Gasteiger partial charge in [0.2, 0.25) is 0 Å². The van der Waals surface area contributed by atoms with Crippen LogP contribution in [0, 0.1) is 11.6 Å². The van der Waals surface area contributed by atoms with E-state index >= 15 is 0 Å². The fourth-order valence-electron chi connectivity index (χ4n) is 4.73. The van der Waals surface area contributed by atoms with Crippen LogP contribution in [-0.2, 0) is 4.84 Å². The first-order valence-corrected chi connectivity index (χ1v) is 12.2. The Kier molecular flexibility index (Phi) is 7.48. The van der Waals surface area contributed by atoms with Crippen LogP contribution in [-0.4, -0.2) is 23.7 Å². The number of nitrogens with zero attached hydrogens (tertiary/aromatic N) is 2. The third-order valence-electron chi connectivity index (χ3n) is 6.60. The fourth-order valence-corrected chi connectivity index (χ4v) is 4.73. The van der Waals surface area contributed by atoms with Gasteiger partial charge in [0.15, 0.2) is 6.10 Å². The molecule has 4 aromatic carbocycles. The molecule has 36 heavy (non-hydrogen) atoms. The molecule has 182 valence electrons. The Labute approximate surface area is 210 Å². The maximum absolute atomic E-state index is 13.6. The molecule has 1 saturated heterocycles. The Hall–Kier alpha value is -3.83. The molecule has 0 aromatic heterocycles. The maximum Gasteiger partial charge on any atom is 0.177 e. The summed E-state index contributed by atoms with van der Waals surface area (Å²) in [6.45, 7) is 1.53. The summed E-state index contributed by atoms with van der Waals surface area (Å²) >= 11 is 0. The minimum Gasteiger partial charge on any atom is -0.383 e. The summed E-state index contributed by atoms with van der Waals surface area (Å²) in [6, 6.07) is 33.3. The van der Waals surface area contributed by atoms with Crippen LogP contribution < -0.4 is 0 Å². The summed E-state index contributed by atoms with van der Waals surface area (Å²) in [6.07, 6.45) is 1.24. The van der Waals surface area contributed by atoms with Gasteiger partial charge in [0.1, 0.15) is 11.6 Å². The van der Waals surface area contributed by atoms with E-state index in [0.717, 1.165) is 53.9 Å². The minimum absolute atomic E-state index is 0.0879. The van der Waals surface area contributed by atoms with Crippen molar-refractivity contribution >= 4 is 5.71 Å². The van der Waals surface area contributed by atoms with Crippen molar-refractivity contribution in [1.29, 1.82) is 0 Å². The molecule has 4 aromatic rings. The quantitative estimate of drug-likeness (QED) is 0.258. The topological polar surface area (TPSA) is 24.8 Å². The Balaban J connectivity index is 1.32. The van der Waals surface area contributed by atoms with Crippen molar-refractivity contribution in [3.05, 3.63) is 143 Å². The molecule has 0 unspecified atom stereocenters. The third-order valence-corrected chi connectivity index (χ3v) is 6.60. The van der Waals surface area contributed by atoms with Crippen LogP contribution in [0.5, 0.6) is 0 Å². The van der Waals surface area contributed by atoms with Crippen molar-refractivity contribution in [3.8, 4) is 0 Å². The normalized spacial score (nSPS) is 14.3. The molecular formula is C31H28F2N2O. The molecule has 0 radical (unpaired) electrons. The van der Waals surface area contributed by atoms with Crippen LogP contribution in [0.2, 0.25) is 0 Å². The van der Waals surface area contributed by atoms with E-state index in [4.69, 9.17) is 4.84 Å². The second-order valence-electron chi connectivity index (χ2n) is 9.01. The summed E-state index contributed by atoms with van der Waals surface area (Å²) < 4.78 is 27.2. The summed E-state index contributed by atoms with van der Waals surface area (Å²) in [5, 5.41) is 4.59. The average Bonchev–Trinajstić information content (AvgIpc) is 2.93. The largest absolute Gasteiger partial charge is 0.383 e. The van der Waals surface area contributed by atoms with E-state index < -0.39 is 0 Å². The van der Waals surface area contributed by atoms with Crippen molar-refractivity contribution in [2.75, 3.05) is 13.1 Å². The molecule has 0 bridgehead atoms. The standard InChI is InChI=1S/C31H28F2N2O/c32-27-15-11-23(12-16-27)30(24-13-17-28(33)18-14-24)35-21-19-29(20-22-35)34-36-31(25-7-3-1-4-8-25)26-9-5-2-6-10-26/h1-18,30-31H,19-22H2. The first-order valence-electron chi connectivity index (χ1n) is 12.2. The number of piperidine rings is 1. The van der Waals surface area contributed by atoms with Crippen molar-refractivity contribution in [2.24, 2.45) is 5.16 Å². The van der Waals surface area contributed by atoms with E-state index in [0.29, 0.717) is 0 Å². The Morgan fingerprint density at radius 3 is 1.47 bits per heavy atom. The lowest BCUT2D eigenvalue weighted by Gasteiger charge is -2.35. The molecule has 0 amide bonds. The number of likely N-dealkylation sites (tertiary alicyclic amines) is 1.